The van der Waals surface area contributed by atoms with Crippen molar-refractivity contribution in [1.82, 2.24) is 0 Å². The summed E-state index contributed by atoms with van der Waals surface area (Å²) in [6, 6.07) is 0. The Kier molecular flexibility index (Phi) is 3.55. The Labute approximate surface area is 112 Å². The molecule has 2 aliphatic rings. The lowest BCUT2D eigenvalue weighted by Gasteiger charge is -2.44. The van der Waals surface area contributed by atoms with Crippen LogP contribution in [0.3, 0.4) is 0 Å². The van der Waals surface area contributed by atoms with E-state index in [0.717, 1.165) is 12.8 Å². The third kappa shape index (κ3) is 1.46. The quantitative estimate of drug-likeness (QED) is 0.489. The molecule has 0 aromatic rings. The Morgan fingerprint density at radius 1 is 1.56 bits per heavy atom. The minimum atomic E-state index is -0.983. The zero-order valence-electron chi connectivity index (χ0n) is 11.2. The van der Waals surface area contributed by atoms with Crippen LogP contribution in [0.2, 0.25) is 0 Å². The summed E-state index contributed by atoms with van der Waals surface area (Å²) in [5.41, 5.74) is -1.11. The lowest BCUT2D eigenvalue weighted by molar-refractivity contribution is -0.0392. The molecule has 2 rings (SSSR count). The molecule has 3 unspecified atom stereocenters. The highest BCUT2D eigenvalue weighted by molar-refractivity contribution is 7.80. The summed E-state index contributed by atoms with van der Waals surface area (Å²) in [5, 5.41) is 10.6. The fourth-order valence-corrected chi connectivity index (χ4v) is 4.55. The van der Waals surface area contributed by atoms with Crippen molar-refractivity contribution in [3.8, 4) is 12.3 Å². The second kappa shape index (κ2) is 4.48. The van der Waals surface area contributed by atoms with Crippen LogP contribution in [-0.2, 0) is 0 Å². The molecule has 1 nitrogen and oxygen atoms in total. The van der Waals surface area contributed by atoms with Crippen LogP contribution in [0.15, 0.2) is 0 Å². The molecule has 0 aromatic carbocycles. The Balaban J connectivity index is 0.000000686. The van der Waals surface area contributed by atoms with Gasteiger partial charge in [-0.1, -0.05) is 19.8 Å². The second-order valence-electron chi connectivity index (χ2n) is 5.39. The van der Waals surface area contributed by atoms with E-state index in [1.165, 1.54) is 0 Å². The molecule has 0 heterocycles. The maximum absolute atomic E-state index is 10.6. The maximum Gasteiger partial charge on any atom is 0.132 e. The number of fused-ring (bicyclic) bond motifs is 2. The van der Waals surface area contributed by atoms with E-state index >= 15 is 0 Å². The van der Waals surface area contributed by atoms with Crippen LogP contribution in [-0.4, -0.2) is 22.7 Å². The third-order valence-corrected chi connectivity index (χ3v) is 5.52. The van der Waals surface area contributed by atoms with E-state index in [2.05, 4.69) is 51.4 Å². The summed E-state index contributed by atoms with van der Waals surface area (Å²) < 4.78 is 7.02. The predicted molar refractivity (Wildman–Crippen MR) is 76.1 cm³/mol. The number of hydrogen-bond acceptors (Lipinski definition) is 3. The normalized spacial score (nSPS) is 43.9. The molecule has 0 aliphatic heterocycles. The molecule has 0 radical (unpaired) electrons. The SMILES string of the molecule is CS.[3H]C#CC1(O)CC2CCC1(CS)C2(C)C. The highest BCUT2D eigenvalue weighted by Crippen LogP contribution is 2.69. The molecule has 1 N–H and O–H groups in total. The molecule has 3 atom stereocenters. The second-order valence-corrected chi connectivity index (χ2v) is 5.70. The van der Waals surface area contributed by atoms with Crippen molar-refractivity contribution in [2.75, 3.05) is 12.0 Å². The summed E-state index contributed by atoms with van der Waals surface area (Å²) in [4.78, 5) is 0. The van der Waals surface area contributed by atoms with Crippen LogP contribution >= 0.6 is 25.3 Å². The number of hydrogen-bond donors (Lipinski definition) is 3. The van der Waals surface area contributed by atoms with Crippen LogP contribution in [0.1, 0.15) is 34.5 Å². The van der Waals surface area contributed by atoms with Crippen LogP contribution in [0.4, 0.5) is 0 Å². The lowest BCUT2D eigenvalue weighted by Crippen LogP contribution is -2.49. The largest absolute Gasteiger partial charge is 0.377 e. The van der Waals surface area contributed by atoms with Gasteiger partial charge in [-0.05, 0) is 36.9 Å². The van der Waals surface area contributed by atoms with E-state index in [0.29, 0.717) is 18.1 Å². The Morgan fingerprint density at radius 2 is 2.19 bits per heavy atom. The van der Waals surface area contributed by atoms with E-state index in [9.17, 15) is 5.11 Å². The van der Waals surface area contributed by atoms with Crippen molar-refractivity contribution in [3.05, 3.63) is 0 Å². The molecule has 0 spiro atoms. The van der Waals surface area contributed by atoms with Gasteiger partial charge in [0.1, 0.15) is 6.97 Å². The average Bonchev–Trinajstić information content (AvgIpc) is 2.64. The zero-order chi connectivity index (χ0) is 13.3. The van der Waals surface area contributed by atoms with Crippen LogP contribution in [0.25, 0.3) is 0 Å². The van der Waals surface area contributed by atoms with Crippen molar-refractivity contribution < 1.29 is 6.48 Å². The molecule has 2 fully saturated rings. The monoisotopic (exact) mass is 260 g/mol. The topological polar surface area (TPSA) is 20.2 Å². The number of terminal acetylenes is 1. The van der Waals surface area contributed by atoms with E-state index in [1.807, 2.05) is 0 Å². The number of aliphatic hydroxyl groups is 1. The molecule has 2 bridgehead atoms. The molecule has 0 amide bonds. The summed E-state index contributed by atoms with van der Waals surface area (Å²) in [5.74, 6) is 3.90. The molecule has 92 valence electrons. The van der Waals surface area contributed by atoms with Gasteiger partial charge in [0.05, 0.1) is 0 Å². The van der Waals surface area contributed by atoms with Crippen LogP contribution < -0.4 is 0 Å². The highest BCUT2D eigenvalue weighted by atomic mass is 32.1. The molecule has 0 saturated heterocycles. The Morgan fingerprint density at radius 3 is 2.62 bits per heavy atom. The van der Waals surface area contributed by atoms with E-state index < -0.39 is 5.60 Å². The minimum absolute atomic E-state index is 0.0906. The zero-order valence-corrected chi connectivity index (χ0v) is 12.0. The van der Waals surface area contributed by atoms with Gasteiger partial charge in [0, 0.05) is 11.2 Å². The first-order valence-corrected chi connectivity index (χ1v) is 7.18. The molecular formula is C13H22OS2. The van der Waals surface area contributed by atoms with Crippen molar-refractivity contribution in [2.45, 2.75) is 38.7 Å². The highest BCUT2D eigenvalue weighted by Gasteiger charge is 2.69. The first-order valence-electron chi connectivity index (χ1n) is 6.15. The third-order valence-electron chi connectivity index (χ3n) is 4.98. The maximum atomic E-state index is 10.6. The Bertz CT molecular complexity index is 347. The summed E-state index contributed by atoms with van der Waals surface area (Å²) in [6.45, 7) is 4.43. The molecule has 0 aromatic heterocycles. The fourth-order valence-electron chi connectivity index (χ4n) is 3.73. The molecule has 3 heteroatoms. The minimum Gasteiger partial charge on any atom is -0.377 e. The fraction of sp³-hybridized carbons (Fsp3) is 0.846. The number of rotatable bonds is 1. The van der Waals surface area contributed by atoms with Crippen LogP contribution in [0.5, 0.6) is 0 Å². The lowest BCUT2D eigenvalue weighted by atomic mass is 9.64. The van der Waals surface area contributed by atoms with Gasteiger partial charge >= 0.3 is 0 Å². The molecule has 2 saturated carbocycles. The number of thiol groups is 2. The van der Waals surface area contributed by atoms with Gasteiger partial charge in [-0.3, -0.25) is 0 Å². The average molecular weight is 260 g/mol. The van der Waals surface area contributed by atoms with Gasteiger partial charge in [0.25, 0.3) is 0 Å². The van der Waals surface area contributed by atoms with Crippen molar-refractivity contribution in [1.29, 1.82) is 0 Å². The van der Waals surface area contributed by atoms with Gasteiger partial charge in [0.2, 0.25) is 0 Å². The van der Waals surface area contributed by atoms with E-state index in [4.69, 9.17) is 1.37 Å². The summed E-state index contributed by atoms with van der Waals surface area (Å²) in [7, 11) is 0. The molecule has 2 aliphatic carbocycles. The smallest absolute Gasteiger partial charge is 0.132 e. The van der Waals surface area contributed by atoms with E-state index in [-0.39, 0.29) is 10.8 Å². The van der Waals surface area contributed by atoms with Crippen molar-refractivity contribution in [2.24, 2.45) is 16.7 Å². The van der Waals surface area contributed by atoms with Gasteiger partial charge in [-0.2, -0.15) is 25.3 Å². The summed E-state index contributed by atoms with van der Waals surface area (Å²) >= 11 is 7.97. The molecular weight excluding hydrogens is 236 g/mol. The summed E-state index contributed by atoms with van der Waals surface area (Å²) in [6.07, 6.45) is 6.70. The first-order chi connectivity index (χ1) is 7.93. The van der Waals surface area contributed by atoms with E-state index in [1.54, 1.807) is 6.26 Å². The van der Waals surface area contributed by atoms with Crippen molar-refractivity contribution >= 4 is 25.3 Å². The van der Waals surface area contributed by atoms with Gasteiger partial charge < -0.3 is 5.11 Å². The van der Waals surface area contributed by atoms with Gasteiger partial charge in [0.15, 0.2) is 0 Å². The van der Waals surface area contributed by atoms with Crippen molar-refractivity contribution in [3.63, 3.8) is 0 Å². The predicted octanol–water partition coefficient (Wildman–Crippen LogP) is 2.65. The first kappa shape index (κ1) is 12.7. The van der Waals surface area contributed by atoms with Gasteiger partial charge in [-0.25, -0.2) is 0 Å². The van der Waals surface area contributed by atoms with Gasteiger partial charge in [-0.15, -0.1) is 6.40 Å². The Hall–Kier alpha value is 0.220. The standard InChI is InChI=1S/C12H18OS.CH4S/c1-4-12(13)7-9-5-6-11(12,8-14)10(9,2)3;1-2/h1,9,13-14H,5-8H2,2-3H3;2H,1H3/i1T;. The molecule has 16 heavy (non-hydrogen) atoms. The van der Waals surface area contributed by atoms with Crippen LogP contribution in [0, 0.1) is 29.1 Å².